The summed E-state index contributed by atoms with van der Waals surface area (Å²) in [7, 11) is -1.85. The Bertz CT molecular complexity index is 694. The molecule has 0 N–H and O–H groups in total. The van der Waals surface area contributed by atoms with Gasteiger partial charge in [0.1, 0.15) is 0 Å². The summed E-state index contributed by atoms with van der Waals surface area (Å²) in [4.78, 5) is 0. The molecule has 0 aliphatic heterocycles. The second kappa shape index (κ2) is 6.70. The lowest BCUT2D eigenvalue weighted by molar-refractivity contribution is 0.404. The van der Waals surface area contributed by atoms with Gasteiger partial charge in [-0.15, -0.1) is 0 Å². The molecule has 0 amide bonds. The molecule has 2 aromatic rings. The average Bonchev–Trinajstić information content (AvgIpc) is 2.53. The lowest BCUT2D eigenvalue weighted by Gasteiger charge is -2.23. The van der Waals surface area contributed by atoms with E-state index in [1.54, 1.807) is 13.1 Å². The highest BCUT2D eigenvalue weighted by atomic mass is 32.2. The van der Waals surface area contributed by atoms with E-state index in [0.717, 1.165) is 11.1 Å². The monoisotopic (exact) mass is 301 g/mol. The molecule has 1 unspecified atom stereocenters. The van der Waals surface area contributed by atoms with E-state index in [1.165, 1.54) is 9.71 Å². The lowest BCUT2D eigenvalue weighted by Crippen LogP contribution is -2.27. The Morgan fingerprint density at radius 1 is 0.952 bits per heavy atom. The van der Waals surface area contributed by atoms with Gasteiger partial charge >= 0.3 is 0 Å². The first-order valence-corrected chi connectivity index (χ1v) is 8.27. The fraction of sp³-hybridized carbons (Fsp3) is 0.176. The van der Waals surface area contributed by atoms with Crippen LogP contribution in [-0.2, 0) is 10.0 Å². The van der Waals surface area contributed by atoms with E-state index in [4.69, 9.17) is 0 Å². The molecule has 0 aromatic heterocycles. The van der Waals surface area contributed by atoms with E-state index >= 15 is 0 Å². The van der Waals surface area contributed by atoms with Crippen molar-refractivity contribution in [2.45, 2.75) is 13.0 Å². The second-order valence-electron chi connectivity index (χ2n) is 4.86. The molecule has 0 aliphatic carbocycles. The molecule has 110 valence electrons. The minimum atomic E-state index is -3.45. The van der Waals surface area contributed by atoms with Crippen LogP contribution < -0.4 is 0 Å². The van der Waals surface area contributed by atoms with Gasteiger partial charge in [-0.05, 0) is 24.1 Å². The molecule has 0 aliphatic rings. The van der Waals surface area contributed by atoms with Crippen molar-refractivity contribution in [2.75, 3.05) is 7.05 Å². The molecule has 0 bridgehead atoms. The molecule has 0 spiro atoms. The summed E-state index contributed by atoms with van der Waals surface area (Å²) in [5.74, 6) is 0. The molecule has 21 heavy (non-hydrogen) atoms. The third-order valence-corrected chi connectivity index (χ3v) is 5.06. The van der Waals surface area contributed by atoms with Crippen LogP contribution in [0.5, 0.6) is 0 Å². The van der Waals surface area contributed by atoms with E-state index in [-0.39, 0.29) is 6.04 Å². The maximum atomic E-state index is 12.4. The van der Waals surface area contributed by atoms with Crippen LogP contribution in [0.25, 0.3) is 6.08 Å². The quantitative estimate of drug-likeness (QED) is 0.845. The summed E-state index contributed by atoms with van der Waals surface area (Å²) in [6.07, 6.45) is 1.61. The van der Waals surface area contributed by atoms with E-state index in [0.29, 0.717) is 0 Å². The summed E-state index contributed by atoms with van der Waals surface area (Å²) < 4.78 is 26.1. The molecule has 1 atom stereocenters. The maximum absolute atomic E-state index is 12.4. The number of hydrogen-bond donors (Lipinski definition) is 0. The topological polar surface area (TPSA) is 37.4 Å². The molecule has 0 saturated carbocycles. The van der Waals surface area contributed by atoms with Gasteiger partial charge in [-0.25, -0.2) is 8.42 Å². The van der Waals surface area contributed by atoms with Crippen LogP contribution in [0.3, 0.4) is 0 Å². The largest absolute Gasteiger partial charge is 0.236 e. The smallest absolute Gasteiger partial charge is 0.207 e. The van der Waals surface area contributed by atoms with Crippen LogP contribution >= 0.6 is 0 Å². The van der Waals surface area contributed by atoms with E-state index < -0.39 is 10.0 Å². The van der Waals surface area contributed by atoms with Crippen molar-refractivity contribution in [3.05, 3.63) is 77.2 Å². The molecule has 0 fully saturated rings. The first-order chi connectivity index (χ1) is 10.0. The summed E-state index contributed by atoms with van der Waals surface area (Å²) in [6.45, 7) is 1.88. The Labute approximate surface area is 126 Å². The normalized spacial score (nSPS) is 13.7. The van der Waals surface area contributed by atoms with Crippen LogP contribution in [0.2, 0.25) is 0 Å². The van der Waals surface area contributed by atoms with Crippen molar-refractivity contribution < 1.29 is 8.42 Å². The maximum Gasteiger partial charge on any atom is 0.236 e. The zero-order chi connectivity index (χ0) is 15.3. The number of rotatable bonds is 5. The molecule has 4 heteroatoms. The van der Waals surface area contributed by atoms with Crippen molar-refractivity contribution in [1.29, 1.82) is 0 Å². The van der Waals surface area contributed by atoms with Gasteiger partial charge in [0.2, 0.25) is 10.0 Å². The van der Waals surface area contributed by atoms with Gasteiger partial charge in [0.15, 0.2) is 0 Å². The van der Waals surface area contributed by atoms with Crippen LogP contribution in [0, 0.1) is 0 Å². The van der Waals surface area contributed by atoms with Gasteiger partial charge in [-0.1, -0.05) is 60.7 Å². The highest BCUT2D eigenvalue weighted by Crippen LogP contribution is 2.22. The standard InChI is InChI=1S/C17H19NO2S/c1-15(17-11-7-4-8-12-17)18(2)21(19,20)14-13-16-9-5-3-6-10-16/h3-15H,1-2H3/b14-13+. The Kier molecular flexibility index (Phi) is 4.94. The van der Waals surface area contributed by atoms with Gasteiger partial charge in [0, 0.05) is 18.5 Å². The summed E-state index contributed by atoms with van der Waals surface area (Å²) in [5, 5.41) is 1.25. The zero-order valence-corrected chi connectivity index (χ0v) is 13.0. The van der Waals surface area contributed by atoms with Gasteiger partial charge in [0.25, 0.3) is 0 Å². The Balaban J connectivity index is 2.17. The van der Waals surface area contributed by atoms with Crippen LogP contribution in [0.4, 0.5) is 0 Å². The van der Waals surface area contributed by atoms with Crippen LogP contribution in [-0.4, -0.2) is 19.8 Å². The molecule has 0 heterocycles. The molecule has 2 rings (SSSR count). The molecule has 0 saturated heterocycles. The zero-order valence-electron chi connectivity index (χ0n) is 12.2. The predicted molar refractivity (Wildman–Crippen MR) is 87.0 cm³/mol. The highest BCUT2D eigenvalue weighted by molar-refractivity contribution is 7.92. The Morgan fingerprint density at radius 2 is 1.48 bits per heavy atom. The van der Waals surface area contributed by atoms with Crippen LogP contribution in [0.1, 0.15) is 24.1 Å². The predicted octanol–water partition coefficient (Wildman–Crippen LogP) is 3.68. The fourth-order valence-electron chi connectivity index (χ4n) is 1.99. The summed E-state index contributed by atoms with van der Waals surface area (Å²) in [5.41, 5.74) is 1.83. The van der Waals surface area contributed by atoms with Gasteiger partial charge in [-0.2, -0.15) is 4.31 Å². The van der Waals surface area contributed by atoms with E-state index in [9.17, 15) is 8.42 Å². The molecule has 3 nitrogen and oxygen atoms in total. The van der Waals surface area contributed by atoms with E-state index in [1.807, 2.05) is 67.6 Å². The molecule has 2 aromatic carbocycles. The number of benzene rings is 2. The minimum Gasteiger partial charge on any atom is -0.207 e. The lowest BCUT2D eigenvalue weighted by atomic mass is 10.1. The average molecular weight is 301 g/mol. The van der Waals surface area contributed by atoms with Gasteiger partial charge < -0.3 is 0 Å². The second-order valence-corrected chi connectivity index (χ2v) is 6.74. The Hall–Kier alpha value is -1.91. The highest BCUT2D eigenvalue weighted by Gasteiger charge is 2.21. The molecular weight excluding hydrogens is 282 g/mol. The third kappa shape index (κ3) is 4.03. The van der Waals surface area contributed by atoms with Crippen molar-refractivity contribution in [2.24, 2.45) is 0 Å². The first kappa shape index (κ1) is 15.5. The van der Waals surface area contributed by atoms with Crippen molar-refractivity contribution in [3.63, 3.8) is 0 Å². The van der Waals surface area contributed by atoms with Crippen molar-refractivity contribution >= 4 is 16.1 Å². The van der Waals surface area contributed by atoms with Crippen molar-refractivity contribution in [3.8, 4) is 0 Å². The first-order valence-electron chi connectivity index (χ1n) is 6.77. The fourth-order valence-corrected chi connectivity index (χ4v) is 3.07. The molecule has 0 radical (unpaired) electrons. The van der Waals surface area contributed by atoms with Crippen molar-refractivity contribution in [1.82, 2.24) is 4.31 Å². The number of sulfonamides is 1. The SMILES string of the molecule is CC(c1ccccc1)N(C)S(=O)(=O)/C=C/c1ccccc1. The summed E-state index contributed by atoms with van der Waals surface area (Å²) >= 11 is 0. The molecular formula is C17H19NO2S. The Morgan fingerprint density at radius 3 is 2.05 bits per heavy atom. The number of hydrogen-bond acceptors (Lipinski definition) is 2. The van der Waals surface area contributed by atoms with E-state index in [2.05, 4.69) is 0 Å². The third-order valence-electron chi connectivity index (χ3n) is 3.46. The minimum absolute atomic E-state index is 0.211. The van der Waals surface area contributed by atoms with Gasteiger partial charge in [-0.3, -0.25) is 0 Å². The van der Waals surface area contributed by atoms with Crippen LogP contribution in [0.15, 0.2) is 66.1 Å². The number of nitrogens with zero attached hydrogens (tertiary/aromatic N) is 1. The summed E-state index contributed by atoms with van der Waals surface area (Å²) in [6, 6.07) is 18.8. The van der Waals surface area contributed by atoms with Gasteiger partial charge in [0.05, 0.1) is 0 Å².